The number of para-hydroxylation sites is 1. The van der Waals surface area contributed by atoms with E-state index >= 15 is 4.79 Å². The van der Waals surface area contributed by atoms with Crippen LogP contribution < -0.4 is 10.2 Å². The summed E-state index contributed by atoms with van der Waals surface area (Å²) in [5.41, 5.74) is 0.500. The normalized spacial score (nSPS) is 30.4. The van der Waals surface area contributed by atoms with Gasteiger partial charge in [-0.2, -0.15) is 0 Å². The third kappa shape index (κ3) is 6.71. The lowest BCUT2D eigenvalue weighted by Crippen LogP contribution is -2.56. The molecule has 0 aliphatic carbocycles. The van der Waals surface area contributed by atoms with Crippen molar-refractivity contribution in [2.75, 3.05) is 38.3 Å². The number of ether oxygens (including phenoxy) is 3. The second-order valence-electron chi connectivity index (χ2n) is 13.3. The van der Waals surface area contributed by atoms with Gasteiger partial charge in [0, 0.05) is 33.2 Å². The fourth-order valence-corrected chi connectivity index (χ4v) is 8.16. The van der Waals surface area contributed by atoms with Gasteiger partial charge in [-0.1, -0.05) is 78.4 Å². The van der Waals surface area contributed by atoms with Crippen LogP contribution in [-0.4, -0.2) is 90.9 Å². The van der Waals surface area contributed by atoms with E-state index in [1.807, 2.05) is 55.5 Å². The summed E-state index contributed by atoms with van der Waals surface area (Å²) in [4.78, 5) is 60.4. The molecule has 1 spiro atoms. The minimum atomic E-state index is -1.42. The van der Waals surface area contributed by atoms with Crippen molar-refractivity contribution in [3.05, 3.63) is 89.0 Å². The number of unbranched alkanes of at least 4 members (excludes halogenated alkanes) is 2. The van der Waals surface area contributed by atoms with Gasteiger partial charge < -0.3 is 34.4 Å². The van der Waals surface area contributed by atoms with Crippen molar-refractivity contribution in [3.63, 3.8) is 0 Å². The summed E-state index contributed by atoms with van der Waals surface area (Å²) in [6, 6.07) is 12.7. The number of hydrogen-bond donors (Lipinski definition) is 2. The molecule has 2 fully saturated rings. The van der Waals surface area contributed by atoms with E-state index < -0.39 is 53.6 Å². The summed E-state index contributed by atoms with van der Waals surface area (Å²) < 4.78 is 18.4. The molecule has 4 heterocycles. The number of nitrogens with one attached hydrogen (secondary N) is 1. The van der Waals surface area contributed by atoms with Crippen LogP contribution in [0, 0.1) is 18.8 Å². The molecule has 2 aromatic rings. The van der Waals surface area contributed by atoms with Crippen molar-refractivity contribution >= 4 is 41.0 Å². The molecule has 266 valence electrons. The van der Waals surface area contributed by atoms with Crippen LogP contribution in [0.2, 0.25) is 5.02 Å². The molecule has 50 heavy (non-hydrogen) atoms. The Hall–Kier alpha value is -4.03. The molecule has 7 atom stereocenters. The third-order valence-corrected chi connectivity index (χ3v) is 10.4. The molecule has 4 aliphatic rings. The minimum Gasteiger partial charge on any atom is -0.455 e. The van der Waals surface area contributed by atoms with E-state index in [0.29, 0.717) is 42.0 Å². The Bertz CT molecular complexity index is 1630. The number of aliphatic hydroxyl groups is 1. The zero-order valence-corrected chi connectivity index (χ0v) is 29.1. The van der Waals surface area contributed by atoms with Crippen LogP contribution in [0.25, 0.3) is 0 Å². The molecule has 3 amide bonds. The second-order valence-corrected chi connectivity index (χ2v) is 13.7. The summed E-state index contributed by atoms with van der Waals surface area (Å²) in [7, 11) is 1.51. The summed E-state index contributed by atoms with van der Waals surface area (Å²) >= 11 is 6.75. The van der Waals surface area contributed by atoms with Gasteiger partial charge in [-0.25, -0.2) is 0 Å². The number of benzene rings is 2. The van der Waals surface area contributed by atoms with Crippen LogP contribution in [0.1, 0.15) is 49.3 Å². The van der Waals surface area contributed by atoms with Gasteiger partial charge in [-0.15, -0.1) is 0 Å². The molecular weight excluding hydrogens is 662 g/mol. The molecule has 5 bridgehead atoms. The maximum absolute atomic E-state index is 15.0. The predicted octanol–water partition coefficient (Wildman–Crippen LogP) is 4.06. The predicted molar refractivity (Wildman–Crippen MR) is 186 cm³/mol. The monoisotopic (exact) mass is 705 g/mol. The Morgan fingerprint density at radius 3 is 2.56 bits per heavy atom. The number of halogens is 1. The summed E-state index contributed by atoms with van der Waals surface area (Å²) in [6.45, 7) is 2.30. The maximum Gasteiger partial charge on any atom is 0.313 e. The van der Waals surface area contributed by atoms with Crippen LogP contribution in [0.3, 0.4) is 0 Å². The Morgan fingerprint density at radius 2 is 1.82 bits per heavy atom. The summed E-state index contributed by atoms with van der Waals surface area (Å²) in [5, 5.41) is 12.8. The number of esters is 1. The first-order valence-electron chi connectivity index (χ1n) is 17.3. The fraction of sp³-hybridized carbons (Fsp3) is 0.474. The highest BCUT2D eigenvalue weighted by atomic mass is 35.5. The highest BCUT2D eigenvalue weighted by Crippen LogP contribution is 2.56. The summed E-state index contributed by atoms with van der Waals surface area (Å²) in [5.74, 6) is -3.75. The lowest BCUT2D eigenvalue weighted by molar-refractivity contribution is -0.162. The van der Waals surface area contributed by atoms with E-state index in [1.165, 1.54) is 7.11 Å². The quantitative estimate of drug-likeness (QED) is 0.227. The smallest absolute Gasteiger partial charge is 0.313 e. The molecule has 0 saturated carbocycles. The largest absolute Gasteiger partial charge is 0.455 e. The van der Waals surface area contributed by atoms with Crippen molar-refractivity contribution in [3.8, 4) is 0 Å². The number of likely N-dealkylation sites (tertiary alicyclic amines) is 1. The number of carbonyl (C=O) groups excluding carboxylic acids is 4. The molecule has 12 heteroatoms. The number of cyclic esters (lactones) is 1. The van der Waals surface area contributed by atoms with Crippen LogP contribution in [0.5, 0.6) is 0 Å². The number of aryl methyl sites for hydroxylation is 1. The molecule has 4 aliphatic heterocycles. The molecule has 2 N–H and O–H groups in total. The Labute approximate surface area is 297 Å². The van der Waals surface area contributed by atoms with Crippen LogP contribution in [0.15, 0.2) is 72.8 Å². The van der Waals surface area contributed by atoms with Gasteiger partial charge in [-0.05, 0) is 49.8 Å². The van der Waals surface area contributed by atoms with Gasteiger partial charge >= 0.3 is 5.97 Å². The summed E-state index contributed by atoms with van der Waals surface area (Å²) in [6.07, 6.45) is 7.71. The van der Waals surface area contributed by atoms with E-state index in [1.54, 1.807) is 34.1 Å². The van der Waals surface area contributed by atoms with Crippen LogP contribution in [0.4, 0.5) is 5.69 Å². The standard InChI is InChI=1S/C38H44ClN3O8/c1-24-13-12-16-26(39)32(24)41-20-9-4-8-17-29(44)40-27(23-48-2)33(25-14-6-3-7-15-25)49-37(47)30-28-18-19-38(50-28)31(30)35(45)42(34(38)36(41)46)21-10-5-11-22-43/h3-4,6-7,9,12-16,18-19,27-28,30-31,33-34,43H,5,8,10-11,17,20-23H2,1-2H3,(H,40,44)/b9-4-/t27-,28+,30-,31-,33-,34+,38-/m1/s1. The van der Waals surface area contributed by atoms with Gasteiger partial charge in [-0.3, -0.25) is 19.2 Å². The van der Waals surface area contributed by atoms with Gasteiger partial charge in [0.15, 0.2) is 0 Å². The van der Waals surface area contributed by atoms with Crippen molar-refractivity contribution in [2.45, 2.75) is 68.9 Å². The second kappa shape index (κ2) is 15.5. The topological polar surface area (TPSA) is 135 Å². The molecular formula is C38H44ClN3O8. The van der Waals surface area contributed by atoms with Crippen LogP contribution in [-0.2, 0) is 33.4 Å². The number of allylic oxidation sites excluding steroid dienone is 1. The zero-order chi connectivity index (χ0) is 35.4. The van der Waals surface area contributed by atoms with E-state index in [-0.39, 0.29) is 44.5 Å². The Morgan fingerprint density at radius 1 is 1.02 bits per heavy atom. The Balaban J connectivity index is 1.46. The minimum absolute atomic E-state index is 0.0172. The number of methoxy groups -OCH3 is 1. The Kier molecular flexibility index (Phi) is 11.1. The average Bonchev–Trinajstić information content (AvgIpc) is 3.75. The number of rotatable bonds is 9. The van der Waals surface area contributed by atoms with Crippen molar-refractivity contribution < 1.29 is 38.5 Å². The number of anilines is 1. The van der Waals surface area contributed by atoms with Crippen molar-refractivity contribution in [1.29, 1.82) is 0 Å². The molecule has 2 saturated heterocycles. The fourth-order valence-electron chi connectivity index (χ4n) is 7.84. The SMILES string of the molecule is COC[C@H]1NC(=O)CC/C=C\CN(c2c(C)cccc2Cl)C(=O)[C@@H]2N(CCCCCO)C(=O)[C@H]3[C@H](C(=O)O[C@@H]1c1ccccc1)[C@@H]1C=C[C@]23O1. The first kappa shape index (κ1) is 35.8. The molecule has 0 unspecified atom stereocenters. The molecule has 0 aromatic heterocycles. The van der Waals surface area contributed by atoms with Crippen molar-refractivity contribution in [2.24, 2.45) is 11.8 Å². The van der Waals surface area contributed by atoms with E-state index in [4.69, 9.17) is 25.8 Å². The average molecular weight is 706 g/mol. The molecule has 11 nitrogen and oxygen atoms in total. The number of fused-ring (bicyclic) bond motifs is 2. The molecule has 0 radical (unpaired) electrons. The highest BCUT2D eigenvalue weighted by Gasteiger charge is 2.73. The number of aliphatic hydroxyl groups excluding tert-OH is 1. The number of nitrogens with zero attached hydrogens (tertiary/aromatic N) is 2. The van der Waals surface area contributed by atoms with E-state index in [9.17, 15) is 19.5 Å². The first-order valence-corrected chi connectivity index (χ1v) is 17.6. The van der Waals surface area contributed by atoms with E-state index in [0.717, 1.165) is 5.56 Å². The van der Waals surface area contributed by atoms with Crippen LogP contribution >= 0.6 is 11.6 Å². The lowest BCUT2D eigenvalue weighted by Gasteiger charge is -2.36. The zero-order valence-electron chi connectivity index (χ0n) is 28.3. The maximum atomic E-state index is 15.0. The van der Waals surface area contributed by atoms with Gasteiger partial charge in [0.2, 0.25) is 11.8 Å². The lowest BCUT2D eigenvalue weighted by atomic mass is 9.74. The van der Waals surface area contributed by atoms with E-state index in [2.05, 4.69) is 5.32 Å². The molecule has 2 aromatic carbocycles. The third-order valence-electron chi connectivity index (χ3n) is 10.1. The highest BCUT2D eigenvalue weighted by molar-refractivity contribution is 6.34. The number of hydrogen-bond acceptors (Lipinski definition) is 8. The van der Waals surface area contributed by atoms with Crippen molar-refractivity contribution in [1.82, 2.24) is 10.2 Å². The number of carbonyl (C=O) groups is 4. The van der Waals surface area contributed by atoms with Gasteiger partial charge in [0.1, 0.15) is 23.7 Å². The van der Waals surface area contributed by atoms with Gasteiger partial charge in [0.25, 0.3) is 5.91 Å². The molecule has 6 rings (SSSR count). The van der Waals surface area contributed by atoms with Gasteiger partial charge in [0.05, 0.1) is 35.4 Å². The number of amides is 3. The first-order chi connectivity index (χ1) is 24.2.